The van der Waals surface area contributed by atoms with Gasteiger partial charge in [0.15, 0.2) is 0 Å². The highest BCUT2D eigenvalue weighted by Crippen LogP contribution is 2.16. The zero-order valence-electron chi connectivity index (χ0n) is 4.83. The average Bonchev–Trinajstić information content (AvgIpc) is 1.89. The molecule has 48 valence electrons. The van der Waals surface area contributed by atoms with Crippen LogP contribution in [0.2, 0.25) is 0 Å². The van der Waals surface area contributed by atoms with Crippen molar-refractivity contribution in [3.8, 4) is 0 Å². The lowest BCUT2D eigenvalue weighted by Crippen LogP contribution is -2.06. The fourth-order valence-electron chi connectivity index (χ4n) is 0.596. The van der Waals surface area contributed by atoms with Crippen LogP contribution in [0.1, 0.15) is 0 Å². The molecule has 0 radical (unpaired) electrons. The van der Waals surface area contributed by atoms with Gasteiger partial charge in [0.2, 0.25) is 0 Å². The van der Waals surface area contributed by atoms with E-state index in [-0.39, 0.29) is 0 Å². The van der Waals surface area contributed by atoms with Crippen LogP contribution < -0.4 is 11.3 Å². The van der Waals surface area contributed by atoms with Gasteiger partial charge >= 0.3 is 0 Å². The number of hydrogen-bond donors (Lipinski definition) is 3. The molecule has 0 saturated heterocycles. The molecule has 1 aromatic rings. The molecular weight excluding hydrogens is 132 g/mol. The number of nitrogen functional groups attached to an aromatic ring is 1. The number of hydrazine groups is 1. The molecule has 0 bridgehead atoms. The smallest absolute Gasteiger partial charge is 0.0618 e. The molecule has 3 heteroatoms. The number of benzene rings is 1. The molecule has 0 fully saturated rings. The van der Waals surface area contributed by atoms with Gasteiger partial charge in [0.05, 0.1) is 5.69 Å². The molecule has 0 aliphatic rings. The van der Waals surface area contributed by atoms with Gasteiger partial charge in [0, 0.05) is 4.90 Å². The molecule has 0 saturated carbocycles. The summed E-state index contributed by atoms with van der Waals surface area (Å²) in [7, 11) is 0. The normalized spacial score (nSPS) is 9.11. The van der Waals surface area contributed by atoms with Crippen molar-refractivity contribution in [2.45, 2.75) is 4.90 Å². The van der Waals surface area contributed by atoms with E-state index in [4.69, 9.17) is 5.84 Å². The van der Waals surface area contributed by atoms with Gasteiger partial charge < -0.3 is 5.43 Å². The van der Waals surface area contributed by atoms with Crippen LogP contribution in [-0.4, -0.2) is 0 Å². The molecule has 0 atom stereocenters. The fourth-order valence-corrected chi connectivity index (χ4v) is 0.821. The van der Waals surface area contributed by atoms with Gasteiger partial charge in [-0.25, -0.2) is 0 Å². The average molecular weight is 140 g/mol. The maximum Gasteiger partial charge on any atom is 0.0618 e. The van der Waals surface area contributed by atoms with Crippen molar-refractivity contribution in [3.63, 3.8) is 0 Å². The Kier molecular flexibility index (Phi) is 1.97. The summed E-state index contributed by atoms with van der Waals surface area (Å²) in [5, 5.41) is 0. The summed E-state index contributed by atoms with van der Waals surface area (Å²) in [5.74, 6) is 5.15. The quantitative estimate of drug-likeness (QED) is 0.312. The number of anilines is 1. The maximum absolute atomic E-state index is 5.15. The first-order chi connectivity index (χ1) is 4.34. The maximum atomic E-state index is 5.15. The van der Waals surface area contributed by atoms with Crippen molar-refractivity contribution in [2.24, 2.45) is 5.84 Å². The predicted molar refractivity (Wildman–Crippen MR) is 41.5 cm³/mol. The topological polar surface area (TPSA) is 38.0 Å². The molecule has 1 rings (SSSR count). The first-order valence-electron chi connectivity index (χ1n) is 2.59. The Hall–Kier alpha value is -0.670. The molecule has 0 heterocycles. The Balaban J connectivity index is 3.01. The predicted octanol–water partition coefficient (Wildman–Crippen LogP) is 1.26. The summed E-state index contributed by atoms with van der Waals surface area (Å²) in [6.45, 7) is 0. The van der Waals surface area contributed by atoms with Crippen LogP contribution in [0.25, 0.3) is 0 Å². The van der Waals surface area contributed by atoms with Gasteiger partial charge in [-0.2, -0.15) is 0 Å². The van der Waals surface area contributed by atoms with Gasteiger partial charge in [0.1, 0.15) is 0 Å². The number of hydrogen-bond acceptors (Lipinski definition) is 3. The summed E-state index contributed by atoms with van der Waals surface area (Å²) >= 11 is 4.14. The van der Waals surface area contributed by atoms with Crippen LogP contribution in [0.5, 0.6) is 0 Å². The highest BCUT2D eigenvalue weighted by molar-refractivity contribution is 7.80. The van der Waals surface area contributed by atoms with Crippen LogP contribution in [0.4, 0.5) is 5.69 Å². The second-order valence-corrected chi connectivity index (χ2v) is 2.14. The van der Waals surface area contributed by atoms with Crippen molar-refractivity contribution in [1.29, 1.82) is 0 Å². The molecule has 3 N–H and O–H groups in total. The zero-order chi connectivity index (χ0) is 6.69. The second kappa shape index (κ2) is 2.75. The van der Waals surface area contributed by atoms with E-state index >= 15 is 0 Å². The van der Waals surface area contributed by atoms with Gasteiger partial charge in [-0.1, -0.05) is 12.1 Å². The van der Waals surface area contributed by atoms with E-state index in [1.165, 1.54) is 0 Å². The van der Waals surface area contributed by atoms with E-state index in [9.17, 15) is 0 Å². The summed E-state index contributed by atoms with van der Waals surface area (Å²) < 4.78 is 0. The van der Waals surface area contributed by atoms with E-state index < -0.39 is 0 Å². The van der Waals surface area contributed by atoms with Crippen LogP contribution in [0.15, 0.2) is 29.2 Å². The minimum absolute atomic E-state index is 0.848. The third-order valence-electron chi connectivity index (χ3n) is 1.06. The first-order valence-corrected chi connectivity index (χ1v) is 3.04. The van der Waals surface area contributed by atoms with Crippen LogP contribution in [0.3, 0.4) is 0 Å². The number of rotatable bonds is 1. The number of para-hydroxylation sites is 1. The van der Waals surface area contributed by atoms with Gasteiger partial charge in [0.25, 0.3) is 0 Å². The number of nitrogens with one attached hydrogen (secondary N) is 1. The Bertz CT molecular complexity index is 200. The highest BCUT2D eigenvalue weighted by atomic mass is 32.1. The lowest BCUT2D eigenvalue weighted by Gasteiger charge is -2.00. The molecule has 0 aliphatic carbocycles. The molecular formula is C6H8N2S. The molecule has 0 aromatic heterocycles. The van der Waals surface area contributed by atoms with Crippen molar-refractivity contribution >= 4 is 18.3 Å². The van der Waals surface area contributed by atoms with E-state index in [1.807, 2.05) is 24.3 Å². The third kappa shape index (κ3) is 1.37. The molecule has 0 unspecified atom stereocenters. The largest absolute Gasteiger partial charge is 0.323 e. The summed E-state index contributed by atoms with van der Waals surface area (Å²) in [6, 6.07) is 7.54. The van der Waals surface area contributed by atoms with Crippen molar-refractivity contribution in [3.05, 3.63) is 24.3 Å². The Morgan fingerprint density at radius 1 is 1.33 bits per heavy atom. The van der Waals surface area contributed by atoms with E-state index in [2.05, 4.69) is 18.1 Å². The van der Waals surface area contributed by atoms with Crippen molar-refractivity contribution in [1.82, 2.24) is 0 Å². The third-order valence-corrected chi connectivity index (χ3v) is 1.45. The molecule has 9 heavy (non-hydrogen) atoms. The summed E-state index contributed by atoms with van der Waals surface area (Å²) in [4.78, 5) is 0.861. The Morgan fingerprint density at radius 3 is 2.44 bits per heavy atom. The standard InChI is InChI=1S/C6H8N2S/c7-8-5-3-1-2-4-6(5)9/h1-4,8-9H,7H2. The minimum Gasteiger partial charge on any atom is -0.323 e. The molecule has 0 aliphatic heterocycles. The summed E-state index contributed by atoms with van der Waals surface area (Å²) in [5.41, 5.74) is 3.37. The Labute approximate surface area is 59.4 Å². The van der Waals surface area contributed by atoms with Crippen LogP contribution >= 0.6 is 12.6 Å². The number of thiol groups is 1. The van der Waals surface area contributed by atoms with Crippen molar-refractivity contribution in [2.75, 3.05) is 5.43 Å². The van der Waals surface area contributed by atoms with E-state index in [1.54, 1.807) is 0 Å². The van der Waals surface area contributed by atoms with Gasteiger partial charge in [-0.05, 0) is 12.1 Å². The second-order valence-electron chi connectivity index (χ2n) is 1.66. The lowest BCUT2D eigenvalue weighted by molar-refractivity contribution is 1.29. The van der Waals surface area contributed by atoms with Crippen LogP contribution in [-0.2, 0) is 0 Å². The minimum atomic E-state index is 0.848. The SMILES string of the molecule is NNc1ccccc1S. The Morgan fingerprint density at radius 2 is 2.00 bits per heavy atom. The van der Waals surface area contributed by atoms with E-state index in [0.29, 0.717) is 0 Å². The fraction of sp³-hybridized carbons (Fsp3) is 0. The monoisotopic (exact) mass is 140 g/mol. The molecule has 1 aromatic carbocycles. The van der Waals surface area contributed by atoms with Crippen molar-refractivity contribution < 1.29 is 0 Å². The van der Waals surface area contributed by atoms with Gasteiger partial charge in [-0.3, -0.25) is 5.84 Å². The summed E-state index contributed by atoms with van der Waals surface area (Å²) in [6.07, 6.45) is 0. The molecule has 0 spiro atoms. The van der Waals surface area contributed by atoms with E-state index in [0.717, 1.165) is 10.6 Å². The molecule has 2 nitrogen and oxygen atoms in total. The zero-order valence-corrected chi connectivity index (χ0v) is 5.73. The number of nitrogens with two attached hydrogens (primary N) is 1. The lowest BCUT2D eigenvalue weighted by atomic mass is 10.3. The first kappa shape index (κ1) is 6.45. The van der Waals surface area contributed by atoms with Gasteiger partial charge in [-0.15, -0.1) is 12.6 Å². The molecule has 0 amide bonds. The van der Waals surface area contributed by atoms with Crippen LogP contribution in [0, 0.1) is 0 Å². The highest BCUT2D eigenvalue weighted by Gasteiger charge is 1.90.